The maximum atomic E-state index is 9.56. The minimum Gasteiger partial charge on any atom is -0.508 e. The lowest BCUT2D eigenvalue weighted by Gasteiger charge is -2.12. The van der Waals surface area contributed by atoms with Gasteiger partial charge in [0.15, 0.2) is 0 Å². The molecule has 78 valence electrons. The minimum atomic E-state index is -0.0252. The molecule has 2 nitrogen and oxygen atoms in total. The lowest BCUT2D eigenvalue weighted by molar-refractivity contribution is 0.456. The van der Waals surface area contributed by atoms with Crippen LogP contribution in [0.4, 0.5) is 0 Å². The van der Waals surface area contributed by atoms with E-state index in [1.165, 1.54) is 12.8 Å². The zero-order valence-electron chi connectivity index (χ0n) is 8.74. The van der Waals surface area contributed by atoms with Gasteiger partial charge in [0.05, 0.1) is 0 Å². The predicted octanol–water partition coefficient (Wildman–Crippen LogP) is 2.97. The number of hydrogen-bond acceptors (Lipinski definition) is 2. The Hall–Kier alpha value is -1.02. The van der Waals surface area contributed by atoms with Crippen LogP contribution in [0.15, 0.2) is 24.3 Å². The standard InChI is InChI=1S/C12H19NO/c1-2-3-4-8-11(13)10-7-5-6-9-12(10)14/h5-7,9,11,14H,2-4,8,13H2,1H3. The third kappa shape index (κ3) is 3.04. The van der Waals surface area contributed by atoms with Crippen molar-refractivity contribution in [2.75, 3.05) is 0 Å². The summed E-state index contributed by atoms with van der Waals surface area (Å²) in [5.74, 6) is 0.316. The second kappa shape index (κ2) is 5.66. The van der Waals surface area contributed by atoms with Crippen LogP contribution in [0.1, 0.15) is 44.2 Å². The molecule has 3 N–H and O–H groups in total. The van der Waals surface area contributed by atoms with Crippen LogP contribution in [0.2, 0.25) is 0 Å². The van der Waals surface area contributed by atoms with Crippen molar-refractivity contribution in [3.8, 4) is 5.75 Å². The van der Waals surface area contributed by atoms with E-state index in [1.807, 2.05) is 18.2 Å². The molecule has 0 heterocycles. The second-order valence-electron chi connectivity index (χ2n) is 3.66. The minimum absolute atomic E-state index is 0.0252. The maximum absolute atomic E-state index is 9.56. The van der Waals surface area contributed by atoms with Gasteiger partial charge in [0, 0.05) is 11.6 Å². The van der Waals surface area contributed by atoms with Crippen molar-refractivity contribution < 1.29 is 5.11 Å². The summed E-state index contributed by atoms with van der Waals surface area (Å²) >= 11 is 0. The Labute approximate surface area is 85.8 Å². The molecular weight excluding hydrogens is 174 g/mol. The van der Waals surface area contributed by atoms with E-state index in [9.17, 15) is 5.11 Å². The summed E-state index contributed by atoms with van der Waals surface area (Å²) in [6.45, 7) is 2.17. The molecule has 0 saturated carbocycles. The molecule has 0 aromatic heterocycles. The van der Waals surface area contributed by atoms with Crippen LogP contribution in [0, 0.1) is 0 Å². The van der Waals surface area contributed by atoms with Crippen LogP contribution in [0.25, 0.3) is 0 Å². The molecule has 1 aromatic carbocycles. The van der Waals surface area contributed by atoms with Crippen LogP contribution in [0.5, 0.6) is 5.75 Å². The Morgan fingerprint density at radius 3 is 2.64 bits per heavy atom. The van der Waals surface area contributed by atoms with Gasteiger partial charge in [-0.05, 0) is 12.5 Å². The van der Waals surface area contributed by atoms with E-state index in [0.29, 0.717) is 5.75 Å². The molecular formula is C12H19NO. The first-order valence-electron chi connectivity index (χ1n) is 5.29. The van der Waals surface area contributed by atoms with E-state index in [-0.39, 0.29) is 6.04 Å². The molecule has 14 heavy (non-hydrogen) atoms. The van der Waals surface area contributed by atoms with Crippen molar-refractivity contribution in [2.45, 2.75) is 38.6 Å². The summed E-state index contributed by atoms with van der Waals surface area (Å²) in [4.78, 5) is 0. The Morgan fingerprint density at radius 1 is 1.29 bits per heavy atom. The number of benzene rings is 1. The van der Waals surface area contributed by atoms with Crippen LogP contribution in [-0.2, 0) is 0 Å². The summed E-state index contributed by atoms with van der Waals surface area (Å²) in [5, 5.41) is 9.56. The lowest BCUT2D eigenvalue weighted by Crippen LogP contribution is -2.10. The van der Waals surface area contributed by atoms with Gasteiger partial charge in [0.1, 0.15) is 5.75 Å². The Morgan fingerprint density at radius 2 is 2.00 bits per heavy atom. The topological polar surface area (TPSA) is 46.2 Å². The molecule has 0 bridgehead atoms. The highest BCUT2D eigenvalue weighted by atomic mass is 16.3. The third-order valence-corrected chi connectivity index (χ3v) is 2.45. The fourth-order valence-electron chi connectivity index (χ4n) is 1.57. The molecule has 0 radical (unpaired) electrons. The zero-order chi connectivity index (χ0) is 10.4. The molecule has 0 saturated heterocycles. The van der Waals surface area contributed by atoms with Crippen molar-refractivity contribution >= 4 is 0 Å². The van der Waals surface area contributed by atoms with Gasteiger partial charge in [-0.15, -0.1) is 0 Å². The van der Waals surface area contributed by atoms with Gasteiger partial charge in [-0.1, -0.05) is 44.4 Å². The fourth-order valence-corrected chi connectivity index (χ4v) is 1.57. The highest BCUT2D eigenvalue weighted by molar-refractivity contribution is 5.34. The van der Waals surface area contributed by atoms with E-state index in [4.69, 9.17) is 5.73 Å². The average molecular weight is 193 g/mol. The Balaban J connectivity index is 2.51. The lowest BCUT2D eigenvalue weighted by atomic mass is 10.0. The average Bonchev–Trinajstić information content (AvgIpc) is 2.18. The van der Waals surface area contributed by atoms with Crippen LogP contribution in [-0.4, -0.2) is 5.11 Å². The van der Waals surface area contributed by atoms with E-state index < -0.39 is 0 Å². The van der Waals surface area contributed by atoms with Crippen LogP contribution in [0.3, 0.4) is 0 Å². The molecule has 0 aliphatic carbocycles. The van der Waals surface area contributed by atoms with Gasteiger partial charge in [0.2, 0.25) is 0 Å². The summed E-state index contributed by atoms with van der Waals surface area (Å²) in [6, 6.07) is 7.29. The molecule has 1 aromatic rings. The molecule has 2 heteroatoms. The van der Waals surface area contributed by atoms with Crippen molar-refractivity contribution in [1.29, 1.82) is 0 Å². The molecule has 0 spiro atoms. The molecule has 0 aliphatic rings. The summed E-state index contributed by atoms with van der Waals surface area (Å²) in [6.07, 6.45) is 4.49. The normalized spacial score (nSPS) is 12.7. The van der Waals surface area contributed by atoms with Gasteiger partial charge in [-0.3, -0.25) is 0 Å². The number of nitrogens with two attached hydrogens (primary N) is 1. The SMILES string of the molecule is CCCCCC(N)c1ccccc1O. The summed E-state index contributed by atoms with van der Waals surface area (Å²) in [7, 11) is 0. The molecule has 1 atom stereocenters. The van der Waals surface area contributed by atoms with Gasteiger partial charge >= 0.3 is 0 Å². The van der Waals surface area contributed by atoms with E-state index >= 15 is 0 Å². The number of hydrogen-bond donors (Lipinski definition) is 2. The quantitative estimate of drug-likeness (QED) is 0.706. The molecule has 0 amide bonds. The predicted molar refractivity (Wildman–Crippen MR) is 59.2 cm³/mol. The Bertz CT molecular complexity index is 273. The molecule has 0 fully saturated rings. The third-order valence-electron chi connectivity index (χ3n) is 2.45. The van der Waals surface area contributed by atoms with Crippen molar-refractivity contribution in [3.63, 3.8) is 0 Å². The summed E-state index contributed by atoms with van der Waals surface area (Å²) < 4.78 is 0. The second-order valence-corrected chi connectivity index (χ2v) is 3.66. The fraction of sp³-hybridized carbons (Fsp3) is 0.500. The van der Waals surface area contributed by atoms with Crippen molar-refractivity contribution in [1.82, 2.24) is 0 Å². The van der Waals surface area contributed by atoms with Gasteiger partial charge < -0.3 is 10.8 Å². The number of phenols is 1. The number of aromatic hydroxyl groups is 1. The van der Waals surface area contributed by atoms with E-state index in [0.717, 1.165) is 18.4 Å². The number of rotatable bonds is 5. The van der Waals surface area contributed by atoms with Crippen LogP contribution < -0.4 is 5.73 Å². The van der Waals surface area contributed by atoms with E-state index in [2.05, 4.69) is 6.92 Å². The first-order valence-corrected chi connectivity index (χ1v) is 5.29. The number of phenolic OH excluding ortho intramolecular Hbond substituents is 1. The molecule has 1 unspecified atom stereocenters. The molecule has 0 aliphatic heterocycles. The van der Waals surface area contributed by atoms with E-state index in [1.54, 1.807) is 6.07 Å². The Kier molecular flexibility index (Phi) is 4.47. The smallest absolute Gasteiger partial charge is 0.120 e. The van der Waals surface area contributed by atoms with Gasteiger partial charge in [0.25, 0.3) is 0 Å². The monoisotopic (exact) mass is 193 g/mol. The zero-order valence-corrected chi connectivity index (χ0v) is 8.74. The largest absolute Gasteiger partial charge is 0.508 e. The van der Waals surface area contributed by atoms with Crippen molar-refractivity contribution in [2.24, 2.45) is 5.73 Å². The highest BCUT2D eigenvalue weighted by Gasteiger charge is 2.08. The van der Waals surface area contributed by atoms with Gasteiger partial charge in [-0.25, -0.2) is 0 Å². The van der Waals surface area contributed by atoms with Gasteiger partial charge in [-0.2, -0.15) is 0 Å². The number of unbranched alkanes of at least 4 members (excludes halogenated alkanes) is 2. The maximum Gasteiger partial charge on any atom is 0.120 e. The summed E-state index contributed by atoms with van der Waals surface area (Å²) in [5.41, 5.74) is 6.84. The number of para-hydroxylation sites is 1. The van der Waals surface area contributed by atoms with Crippen LogP contribution >= 0.6 is 0 Å². The first kappa shape index (κ1) is 11.1. The first-order chi connectivity index (χ1) is 6.75. The highest BCUT2D eigenvalue weighted by Crippen LogP contribution is 2.25. The molecule has 1 rings (SSSR count). The van der Waals surface area contributed by atoms with Crippen molar-refractivity contribution in [3.05, 3.63) is 29.8 Å².